The Morgan fingerprint density at radius 3 is 2.55 bits per heavy atom. The van der Waals surface area contributed by atoms with Crippen LogP contribution in [0.3, 0.4) is 0 Å². The molecule has 0 saturated carbocycles. The van der Waals surface area contributed by atoms with E-state index in [-0.39, 0.29) is 6.03 Å². The zero-order valence-corrected chi connectivity index (χ0v) is 13.3. The third-order valence-electron chi connectivity index (χ3n) is 3.44. The van der Waals surface area contributed by atoms with E-state index in [0.717, 1.165) is 5.56 Å². The van der Waals surface area contributed by atoms with Crippen molar-refractivity contribution >= 4 is 6.03 Å². The van der Waals surface area contributed by atoms with Crippen LogP contribution in [0.5, 0.6) is 0 Å². The largest absolute Gasteiger partial charge is 0.339 e. The van der Waals surface area contributed by atoms with Gasteiger partial charge < -0.3 is 14.7 Å². The normalized spacial score (nSPS) is 10.5. The zero-order valence-electron chi connectivity index (χ0n) is 13.3. The van der Waals surface area contributed by atoms with Gasteiger partial charge in [0.15, 0.2) is 0 Å². The highest BCUT2D eigenvalue weighted by Crippen LogP contribution is 2.16. The second-order valence-electron chi connectivity index (χ2n) is 5.03. The van der Waals surface area contributed by atoms with Crippen LogP contribution in [0.2, 0.25) is 0 Å². The van der Waals surface area contributed by atoms with Crippen LogP contribution in [-0.4, -0.2) is 40.7 Å². The summed E-state index contributed by atoms with van der Waals surface area (Å²) in [4.78, 5) is 17.9. The number of urea groups is 1. The number of benzene rings is 1. The molecule has 6 nitrogen and oxygen atoms in total. The molecule has 0 aliphatic heterocycles. The van der Waals surface area contributed by atoms with Crippen molar-refractivity contribution in [3.05, 3.63) is 35.7 Å². The molecular formula is C16H22N4O2. The lowest BCUT2D eigenvalue weighted by molar-refractivity contribution is 0.203. The number of aromatic nitrogens is 2. The van der Waals surface area contributed by atoms with Crippen LogP contribution in [0, 0.1) is 6.92 Å². The lowest BCUT2D eigenvalue weighted by atomic mass is 10.1. The first-order valence-corrected chi connectivity index (χ1v) is 7.56. The molecular weight excluding hydrogens is 280 g/mol. The van der Waals surface area contributed by atoms with Crippen molar-refractivity contribution < 1.29 is 9.32 Å². The number of rotatable bonds is 6. The van der Waals surface area contributed by atoms with E-state index in [1.54, 1.807) is 4.90 Å². The first-order chi connectivity index (χ1) is 10.6. The summed E-state index contributed by atoms with van der Waals surface area (Å²) in [5, 5.41) is 6.82. The fourth-order valence-corrected chi connectivity index (χ4v) is 2.08. The summed E-state index contributed by atoms with van der Waals surface area (Å²) in [6, 6.07) is 7.88. The average molecular weight is 302 g/mol. The van der Waals surface area contributed by atoms with Gasteiger partial charge in [0.2, 0.25) is 11.7 Å². The molecule has 2 rings (SSSR count). The molecule has 1 aromatic carbocycles. The van der Waals surface area contributed by atoms with E-state index in [1.807, 2.05) is 45.0 Å². The molecule has 0 aliphatic rings. The highest BCUT2D eigenvalue weighted by atomic mass is 16.5. The summed E-state index contributed by atoms with van der Waals surface area (Å²) in [6.07, 6.45) is 0.520. The van der Waals surface area contributed by atoms with Crippen molar-refractivity contribution in [1.82, 2.24) is 20.4 Å². The van der Waals surface area contributed by atoms with Crippen molar-refractivity contribution in [2.24, 2.45) is 0 Å². The maximum atomic E-state index is 11.8. The van der Waals surface area contributed by atoms with Crippen LogP contribution < -0.4 is 5.32 Å². The molecule has 0 radical (unpaired) electrons. The van der Waals surface area contributed by atoms with E-state index >= 15 is 0 Å². The number of nitrogens with zero attached hydrogens (tertiary/aromatic N) is 3. The van der Waals surface area contributed by atoms with Crippen LogP contribution in [0.15, 0.2) is 28.8 Å². The Kier molecular flexibility index (Phi) is 5.52. The number of amides is 2. The van der Waals surface area contributed by atoms with Crippen molar-refractivity contribution in [1.29, 1.82) is 0 Å². The van der Waals surface area contributed by atoms with Gasteiger partial charge in [-0.3, -0.25) is 0 Å². The molecule has 0 unspecified atom stereocenters. The quantitative estimate of drug-likeness (QED) is 0.890. The minimum absolute atomic E-state index is 0.0664. The first-order valence-electron chi connectivity index (χ1n) is 7.56. The molecule has 118 valence electrons. The average Bonchev–Trinajstić information content (AvgIpc) is 2.98. The molecule has 2 aromatic rings. The van der Waals surface area contributed by atoms with Crippen molar-refractivity contribution in [2.75, 3.05) is 19.6 Å². The second kappa shape index (κ2) is 7.59. The predicted octanol–water partition coefficient (Wildman–Crippen LogP) is 2.64. The smallest absolute Gasteiger partial charge is 0.317 e. The Hall–Kier alpha value is -2.37. The third kappa shape index (κ3) is 4.07. The van der Waals surface area contributed by atoms with Crippen LogP contribution >= 0.6 is 0 Å². The van der Waals surface area contributed by atoms with Gasteiger partial charge in [-0.25, -0.2) is 4.79 Å². The molecule has 0 bridgehead atoms. The summed E-state index contributed by atoms with van der Waals surface area (Å²) in [5.41, 5.74) is 2.11. The van der Waals surface area contributed by atoms with E-state index in [9.17, 15) is 4.79 Å². The fraction of sp³-hybridized carbons (Fsp3) is 0.438. The van der Waals surface area contributed by atoms with E-state index in [4.69, 9.17) is 4.52 Å². The zero-order chi connectivity index (χ0) is 15.9. The van der Waals surface area contributed by atoms with Crippen molar-refractivity contribution in [2.45, 2.75) is 27.2 Å². The number of carbonyl (C=O) groups is 1. The number of hydrogen-bond acceptors (Lipinski definition) is 4. The van der Waals surface area contributed by atoms with Crippen LogP contribution in [0.4, 0.5) is 4.79 Å². The third-order valence-corrected chi connectivity index (χ3v) is 3.44. The van der Waals surface area contributed by atoms with Crippen LogP contribution in [0.25, 0.3) is 11.4 Å². The highest BCUT2D eigenvalue weighted by Gasteiger charge is 2.11. The maximum absolute atomic E-state index is 11.8. The molecule has 2 amide bonds. The molecule has 0 aliphatic carbocycles. The SMILES string of the molecule is CCN(CC)C(=O)NCCc1nc(-c2ccc(C)cc2)no1. The Morgan fingerprint density at radius 2 is 1.91 bits per heavy atom. The number of aryl methyl sites for hydroxylation is 1. The molecule has 22 heavy (non-hydrogen) atoms. The van der Waals surface area contributed by atoms with Crippen molar-refractivity contribution in [3.63, 3.8) is 0 Å². The minimum Gasteiger partial charge on any atom is -0.339 e. The van der Waals surface area contributed by atoms with E-state index < -0.39 is 0 Å². The molecule has 1 N–H and O–H groups in total. The van der Waals surface area contributed by atoms with Gasteiger partial charge >= 0.3 is 6.03 Å². The van der Waals surface area contributed by atoms with E-state index in [1.165, 1.54) is 5.56 Å². The van der Waals surface area contributed by atoms with Crippen molar-refractivity contribution in [3.8, 4) is 11.4 Å². The van der Waals surface area contributed by atoms with Gasteiger partial charge in [-0.05, 0) is 20.8 Å². The molecule has 0 saturated heterocycles. The van der Waals surface area contributed by atoms with Gasteiger partial charge in [0.1, 0.15) is 0 Å². The number of carbonyl (C=O) groups excluding carboxylic acids is 1. The Labute approximate surface area is 130 Å². The minimum atomic E-state index is -0.0664. The summed E-state index contributed by atoms with van der Waals surface area (Å²) in [6.45, 7) is 7.81. The fourth-order valence-electron chi connectivity index (χ4n) is 2.08. The van der Waals surface area contributed by atoms with Gasteiger partial charge in [-0.15, -0.1) is 0 Å². The lowest BCUT2D eigenvalue weighted by Crippen LogP contribution is -2.40. The summed E-state index contributed by atoms with van der Waals surface area (Å²) in [5.74, 6) is 1.10. The second-order valence-corrected chi connectivity index (χ2v) is 5.03. The summed E-state index contributed by atoms with van der Waals surface area (Å²) >= 11 is 0. The van der Waals surface area contributed by atoms with Gasteiger partial charge in [-0.2, -0.15) is 4.98 Å². The molecule has 1 aromatic heterocycles. The molecule has 6 heteroatoms. The van der Waals surface area contributed by atoms with Crippen LogP contribution in [0.1, 0.15) is 25.3 Å². The standard InChI is InChI=1S/C16H22N4O2/c1-4-20(5-2)16(21)17-11-10-14-18-15(19-22-14)13-8-6-12(3)7-9-13/h6-9H,4-5,10-11H2,1-3H3,(H,17,21). The van der Waals surface area contributed by atoms with Gasteiger partial charge in [0.05, 0.1) is 0 Å². The Bertz CT molecular complexity index is 603. The predicted molar refractivity (Wildman–Crippen MR) is 84.5 cm³/mol. The number of hydrogen-bond donors (Lipinski definition) is 1. The Balaban J connectivity index is 1.87. The topological polar surface area (TPSA) is 71.3 Å². The molecule has 1 heterocycles. The van der Waals surface area contributed by atoms with Gasteiger partial charge in [0.25, 0.3) is 0 Å². The summed E-state index contributed by atoms with van der Waals surface area (Å²) in [7, 11) is 0. The molecule has 0 spiro atoms. The monoisotopic (exact) mass is 302 g/mol. The first kappa shape index (κ1) is 16.0. The van der Waals surface area contributed by atoms with Gasteiger partial charge in [0, 0.05) is 31.6 Å². The lowest BCUT2D eigenvalue weighted by Gasteiger charge is -2.18. The van der Waals surface area contributed by atoms with E-state index in [0.29, 0.717) is 37.8 Å². The maximum Gasteiger partial charge on any atom is 0.317 e. The number of nitrogens with one attached hydrogen (secondary N) is 1. The van der Waals surface area contributed by atoms with Crippen LogP contribution in [-0.2, 0) is 6.42 Å². The summed E-state index contributed by atoms with van der Waals surface area (Å²) < 4.78 is 5.22. The highest BCUT2D eigenvalue weighted by molar-refractivity contribution is 5.74. The molecule has 0 atom stereocenters. The van der Waals surface area contributed by atoms with E-state index in [2.05, 4.69) is 15.5 Å². The Morgan fingerprint density at radius 1 is 1.23 bits per heavy atom. The molecule has 0 fully saturated rings. The van der Waals surface area contributed by atoms with Gasteiger partial charge in [-0.1, -0.05) is 35.0 Å².